The Morgan fingerprint density at radius 3 is 1.61 bits per heavy atom. The summed E-state index contributed by atoms with van der Waals surface area (Å²) in [4.78, 5) is 16.3. The van der Waals surface area contributed by atoms with Crippen molar-refractivity contribution in [3.8, 4) is 23.0 Å². The number of nitrogens with one attached hydrogen (secondary N) is 1. The van der Waals surface area contributed by atoms with Crippen LogP contribution in [0.4, 0.5) is 34.1 Å². The molecule has 4 N–H and O–H groups in total. The van der Waals surface area contributed by atoms with E-state index in [9.17, 15) is 46.1 Å². The number of aliphatic imine (C=N–C) groups is 1. The summed E-state index contributed by atoms with van der Waals surface area (Å²) in [5, 5.41) is 58.5. The third kappa shape index (κ3) is 13.2. The van der Waals surface area contributed by atoms with Gasteiger partial charge in [0.15, 0.2) is 5.75 Å². The number of azo groups is 2. The third-order valence-electron chi connectivity index (χ3n) is 11.0. The van der Waals surface area contributed by atoms with Crippen molar-refractivity contribution in [2.24, 2.45) is 25.4 Å². The van der Waals surface area contributed by atoms with E-state index in [1.54, 1.807) is 104 Å². The Hall–Kier alpha value is -6.72. The van der Waals surface area contributed by atoms with E-state index < -0.39 is 53.3 Å². The molecule has 0 aromatic heterocycles. The molecule has 0 fully saturated rings. The fourth-order valence-corrected chi connectivity index (χ4v) is 10.2. The summed E-state index contributed by atoms with van der Waals surface area (Å²) in [7, 11) is -9.24. The maximum Gasteiger partial charge on any atom is 2.00 e. The number of fused-ring (bicyclic) bond motifs is 2. The number of carbonyl (C=O) groups excluding carboxylic acids is 1. The molecule has 380 valence electrons. The summed E-state index contributed by atoms with van der Waals surface area (Å²) in [5.74, 6) is -1.62. The van der Waals surface area contributed by atoms with E-state index in [2.05, 4.69) is 30.8 Å². The van der Waals surface area contributed by atoms with Gasteiger partial charge < -0.3 is 30.1 Å². The number of amides is 1. The maximum atomic E-state index is 13.4. The van der Waals surface area contributed by atoms with Crippen LogP contribution in [0.15, 0.2) is 169 Å². The van der Waals surface area contributed by atoms with Crippen LogP contribution in [0.2, 0.25) is 10.0 Å². The van der Waals surface area contributed by atoms with Crippen LogP contribution in [0.1, 0.15) is 40.9 Å². The quantitative estimate of drug-likeness (QED) is 0.0260. The minimum atomic E-state index is -4.63. The van der Waals surface area contributed by atoms with Gasteiger partial charge in [-0.3, -0.25) is 18.9 Å². The van der Waals surface area contributed by atoms with Crippen molar-refractivity contribution in [1.29, 1.82) is 0 Å². The van der Waals surface area contributed by atoms with Gasteiger partial charge in [0.2, 0.25) is 0 Å². The summed E-state index contributed by atoms with van der Waals surface area (Å²) < 4.78 is 77.2. The number of aromatic hydroxyl groups is 1. The zero-order chi connectivity index (χ0) is 53.5. The molecule has 1 amide bonds. The predicted molar refractivity (Wildman–Crippen MR) is 284 cm³/mol. The SMILES string of the molecule is CCOc1ccccc1N=C([O-])c1cc2ccccc2c(N=Nc2ccc(Cl)c(S(=O)(=O)O)c2C)c1[O-].CCOc1ccccc1NC(=O)c1cc2ccccc2c(N=Nc2ccc(Cl)c(S(=O)(=O)O)c2C)c1O.[Ca+2]. The number of halogens is 2. The zero-order valence-electron chi connectivity index (χ0n) is 40.1. The zero-order valence-corrected chi connectivity index (χ0v) is 45.5. The minimum absolute atomic E-state index is 0. The topological polar surface area (TPSA) is 284 Å². The molecule has 75 heavy (non-hydrogen) atoms. The average Bonchev–Trinajstić information content (AvgIpc) is 3.35. The molecule has 0 bridgehead atoms. The monoisotopic (exact) mass is 1120 g/mol. The number of ether oxygens (including phenoxy) is 2. The van der Waals surface area contributed by atoms with Crippen LogP contribution >= 0.6 is 23.2 Å². The summed E-state index contributed by atoms with van der Waals surface area (Å²) in [5.41, 5.74) is 0.597. The molecule has 8 aromatic rings. The number of anilines is 1. The second-order valence-electron chi connectivity index (χ2n) is 15.8. The van der Waals surface area contributed by atoms with Crippen molar-refractivity contribution in [3.63, 3.8) is 0 Å². The number of rotatable bonds is 14. The van der Waals surface area contributed by atoms with Crippen molar-refractivity contribution in [1.82, 2.24) is 0 Å². The normalized spacial score (nSPS) is 11.9. The van der Waals surface area contributed by atoms with E-state index in [-0.39, 0.29) is 98.5 Å². The second-order valence-corrected chi connectivity index (χ2v) is 19.3. The molecular weight excluding hydrogens is 1080 g/mol. The van der Waals surface area contributed by atoms with Crippen LogP contribution in [0, 0.1) is 13.8 Å². The minimum Gasteiger partial charge on any atom is -0.871 e. The number of hydrogen-bond donors (Lipinski definition) is 4. The molecule has 0 saturated carbocycles. The number of benzene rings is 8. The first-order valence-corrected chi connectivity index (χ1v) is 25.7. The molecule has 0 radical (unpaired) electrons. The van der Waals surface area contributed by atoms with E-state index in [0.717, 1.165) is 0 Å². The van der Waals surface area contributed by atoms with Crippen LogP contribution in [-0.2, 0) is 20.2 Å². The van der Waals surface area contributed by atoms with E-state index in [0.29, 0.717) is 51.9 Å². The molecule has 23 heteroatoms. The first kappa shape index (κ1) is 57.6. The smallest absolute Gasteiger partial charge is 0.871 e. The summed E-state index contributed by atoms with van der Waals surface area (Å²) in [6.45, 7) is 7.22. The number of para-hydroxylation sites is 4. The number of nitrogens with zero attached hydrogens (tertiary/aromatic N) is 5. The third-order valence-corrected chi connectivity index (χ3v) is 13.9. The second kappa shape index (κ2) is 24.7. The number of hydrogen-bond acceptors (Lipinski definition) is 15. The molecular formula is C52H42CaCl2N6O12S2. The molecule has 0 unspecified atom stereocenters. The maximum absolute atomic E-state index is 13.4. The molecule has 0 aliphatic carbocycles. The molecule has 8 rings (SSSR count). The van der Waals surface area contributed by atoms with Gasteiger partial charge in [0.05, 0.1) is 51.6 Å². The Bertz CT molecular complexity index is 3830. The van der Waals surface area contributed by atoms with Crippen molar-refractivity contribution in [3.05, 3.63) is 166 Å². The average molecular weight is 1120 g/mol. The summed E-state index contributed by atoms with van der Waals surface area (Å²) in [6, 6.07) is 35.7. The fourth-order valence-electron chi connectivity index (χ4n) is 7.55. The van der Waals surface area contributed by atoms with Crippen molar-refractivity contribution in [2.75, 3.05) is 18.5 Å². The van der Waals surface area contributed by atoms with Gasteiger partial charge in [0, 0.05) is 10.8 Å². The Morgan fingerprint density at radius 2 is 1.07 bits per heavy atom. The molecule has 0 aliphatic rings. The van der Waals surface area contributed by atoms with Crippen LogP contribution in [0.5, 0.6) is 23.0 Å². The Balaban J connectivity index is 0.000000241. The molecule has 18 nitrogen and oxygen atoms in total. The number of phenols is 1. The van der Waals surface area contributed by atoms with Gasteiger partial charge in [-0.1, -0.05) is 102 Å². The van der Waals surface area contributed by atoms with Gasteiger partial charge in [-0.25, -0.2) is 0 Å². The van der Waals surface area contributed by atoms with Crippen LogP contribution < -0.4 is 25.0 Å². The first-order chi connectivity index (χ1) is 35.2. The molecule has 0 heterocycles. The largest absolute Gasteiger partial charge is 2.00 e. The number of phenolic OH excluding ortho intramolecular Hbond substituents is 1. The van der Waals surface area contributed by atoms with Crippen LogP contribution in [0.3, 0.4) is 0 Å². The first-order valence-electron chi connectivity index (χ1n) is 22.1. The van der Waals surface area contributed by atoms with Crippen molar-refractivity contribution < 1.29 is 55.5 Å². The number of carbonyl (C=O) groups is 1. The van der Waals surface area contributed by atoms with Gasteiger partial charge in [-0.15, -0.1) is 5.11 Å². The molecule has 8 aromatic carbocycles. The fraction of sp³-hybridized carbons (Fsp3) is 0.115. The van der Waals surface area contributed by atoms with Gasteiger partial charge >= 0.3 is 37.7 Å². The van der Waals surface area contributed by atoms with E-state index in [4.69, 9.17) is 32.7 Å². The Labute approximate surface area is 470 Å². The van der Waals surface area contributed by atoms with Gasteiger partial charge in [0.1, 0.15) is 32.7 Å². The van der Waals surface area contributed by atoms with E-state index in [1.807, 2.05) is 6.92 Å². The molecule has 0 aliphatic heterocycles. The van der Waals surface area contributed by atoms with E-state index in [1.165, 1.54) is 50.2 Å². The van der Waals surface area contributed by atoms with Gasteiger partial charge in [-0.05, 0) is 122 Å². The van der Waals surface area contributed by atoms with Gasteiger partial charge in [-0.2, -0.15) is 32.2 Å². The van der Waals surface area contributed by atoms with Crippen LogP contribution in [0.25, 0.3) is 21.5 Å². The van der Waals surface area contributed by atoms with Crippen molar-refractivity contribution in [2.45, 2.75) is 37.5 Å². The summed E-state index contributed by atoms with van der Waals surface area (Å²) in [6.07, 6.45) is 0. The Morgan fingerprint density at radius 1 is 0.613 bits per heavy atom. The van der Waals surface area contributed by atoms with Gasteiger partial charge in [0.25, 0.3) is 26.1 Å². The Kier molecular flexibility index (Phi) is 19.0. The molecule has 0 saturated heterocycles. The predicted octanol–water partition coefficient (Wildman–Crippen LogP) is 11.8. The standard InChI is InChI=1S/2C26H22ClN3O6S.Ca/c2*1-3-36-22-11-7-6-10-21(22)28-26(32)18-14-16-8-4-5-9-17(16)23(24(18)31)30-29-20-13-12-19(27)25(15(20)2)37(33,34)35;/h2*4-14,31H,3H2,1-2H3,(H,28,32)(H,33,34,35);/q;;+2/p-2. The van der Waals surface area contributed by atoms with Crippen LogP contribution in [-0.4, -0.2) is 93.8 Å². The molecule has 0 atom stereocenters. The summed E-state index contributed by atoms with van der Waals surface area (Å²) >= 11 is 11.9. The van der Waals surface area contributed by atoms with E-state index >= 15 is 0 Å². The van der Waals surface area contributed by atoms with Crippen molar-refractivity contribution >= 4 is 149 Å². The molecule has 0 spiro atoms.